The molecule has 2 N–H and O–H groups in total. The zero-order valence-corrected chi connectivity index (χ0v) is 23.8. The summed E-state index contributed by atoms with van der Waals surface area (Å²) in [6, 6.07) is 10.1. The molecule has 3 aromatic rings. The maximum Gasteiger partial charge on any atom is 0.522 e. The number of fused-ring (bicyclic) bond motifs is 1. The summed E-state index contributed by atoms with van der Waals surface area (Å²) in [6.45, 7) is 5.39. The van der Waals surface area contributed by atoms with Crippen LogP contribution in [0.25, 0.3) is 10.9 Å². The second-order valence-electron chi connectivity index (χ2n) is 10.9. The molecule has 7 nitrogen and oxygen atoms in total. The number of likely N-dealkylation sites (tertiary alicyclic amines) is 1. The summed E-state index contributed by atoms with van der Waals surface area (Å²) in [5.41, 5.74) is 3.64. The number of halogens is 3. The van der Waals surface area contributed by atoms with Gasteiger partial charge in [-0.15, -0.1) is 24.9 Å². The number of carbonyl (C=O) groups is 1. The number of ether oxygens (including phenoxy) is 1. The number of pyridine rings is 1. The standard InChI is InChI=1S/C29H35F3N4O3S/c1-17-12-25(40-3)23(27(37)34-17)13-33-28(38)26-18(2)36(24-7-5-4-6-22(24)26)14-19-8-10-20(11-9-19)35-15-21(16-35)39-29(30,31)32/h4-7,12,19-21H,8-11,13-16H2,1-3H3,(H,33,38)(H,34,37). The number of rotatable bonds is 8. The van der Waals surface area contributed by atoms with Crippen LogP contribution in [-0.4, -0.2) is 58.2 Å². The van der Waals surface area contributed by atoms with Crippen molar-refractivity contribution in [3.8, 4) is 0 Å². The fourth-order valence-corrected chi connectivity index (χ4v) is 6.93. The lowest BCUT2D eigenvalue weighted by molar-refractivity contribution is -0.356. The molecule has 40 heavy (non-hydrogen) atoms. The molecule has 0 bridgehead atoms. The Hall–Kier alpha value is -2.76. The summed E-state index contributed by atoms with van der Waals surface area (Å²) < 4.78 is 43.7. The molecule has 216 valence electrons. The molecule has 3 heterocycles. The number of hydrogen-bond acceptors (Lipinski definition) is 5. The van der Waals surface area contributed by atoms with Crippen LogP contribution in [-0.2, 0) is 17.8 Å². The van der Waals surface area contributed by atoms with Gasteiger partial charge in [0.05, 0.1) is 11.7 Å². The van der Waals surface area contributed by atoms with Crippen LogP contribution in [0.5, 0.6) is 0 Å². The van der Waals surface area contributed by atoms with Crippen LogP contribution in [0.3, 0.4) is 0 Å². The van der Waals surface area contributed by atoms with E-state index in [1.165, 1.54) is 11.8 Å². The average Bonchev–Trinajstić information content (AvgIpc) is 3.16. The minimum Gasteiger partial charge on any atom is -0.348 e. The van der Waals surface area contributed by atoms with Crippen molar-refractivity contribution in [3.05, 3.63) is 63.2 Å². The van der Waals surface area contributed by atoms with Gasteiger partial charge >= 0.3 is 6.36 Å². The van der Waals surface area contributed by atoms with E-state index < -0.39 is 12.5 Å². The number of hydrogen-bond donors (Lipinski definition) is 2. The number of thioether (sulfide) groups is 1. The molecule has 0 unspecified atom stereocenters. The first kappa shape index (κ1) is 28.8. The molecule has 1 saturated heterocycles. The molecule has 1 aliphatic carbocycles. The Morgan fingerprint density at radius 1 is 1.15 bits per heavy atom. The normalized spacial score (nSPS) is 20.6. The molecule has 2 aliphatic rings. The Morgan fingerprint density at radius 3 is 2.52 bits per heavy atom. The highest BCUT2D eigenvalue weighted by molar-refractivity contribution is 7.98. The SMILES string of the molecule is CSc1cc(C)[nH]c(=O)c1CNC(=O)c1c(C)n(CC2CCC(N3CC(OC(F)(F)F)C3)CC2)c2ccccc12. The summed E-state index contributed by atoms with van der Waals surface area (Å²) in [5, 5.41) is 3.86. The molecule has 2 fully saturated rings. The smallest absolute Gasteiger partial charge is 0.348 e. The van der Waals surface area contributed by atoms with Crippen LogP contribution < -0.4 is 10.9 Å². The van der Waals surface area contributed by atoms with Crippen molar-refractivity contribution >= 4 is 28.6 Å². The van der Waals surface area contributed by atoms with Gasteiger partial charge in [-0.05, 0) is 63.8 Å². The van der Waals surface area contributed by atoms with Gasteiger partial charge in [0.15, 0.2) is 0 Å². The second kappa shape index (κ2) is 11.6. The number of amides is 1. The Labute approximate surface area is 235 Å². The summed E-state index contributed by atoms with van der Waals surface area (Å²) in [4.78, 5) is 31.8. The molecule has 1 saturated carbocycles. The second-order valence-corrected chi connectivity index (χ2v) is 11.8. The highest BCUT2D eigenvalue weighted by atomic mass is 32.2. The van der Waals surface area contributed by atoms with E-state index in [0.717, 1.165) is 59.4 Å². The Balaban J connectivity index is 1.25. The van der Waals surface area contributed by atoms with Crippen LogP contribution in [0.2, 0.25) is 0 Å². The topological polar surface area (TPSA) is 79.4 Å². The number of para-hydroxylation sites is 1. The first-order chi connectivity index (χ1) is 19.0. The molecular weight excluding hydrogens is 541 g/mol. The zero-order valence-electron chi connectivity index (χ0n) is 22.9. The number of aromatic nitrogens is 2. The van der Waals surface area contributed by atoms with E-state index in [-0.39, 0.29) is 18.0 Å². The van der Waals surface area contributed by atoms with Gasteiger partial charge in [-0.1, -0.05) is 18.2 Å². The van der Waals surface area contributed by atoms with Gasteiger partial charge in [0, 0.05) is 65.0 Å². The van der Waals surface area contributed by atoms with E-state index in [1.807, 2.05) is 50.4 Å². The summed E-state index contributed by atoms with van der Waals surface area (Å²) in [7, 11) is 0. The van der Waals surface area contributed by atoms with E-state index in [2.05, 4.69) is 24.5 Å². The number of nitrogens with zero attached hydrogens (tertiary/aromatic N) is 2. The fourth-order valence-electron chi connectivity index (χ4n) is 6.23. The average molecular weight is 577 g/mol. The van der Waals surface area contributed by atoms with Crippen molar-refractivity contribution in [2.45, 2.75) is 76.0 Å². The number of nitrogens with one attached hydrogen (secondary N) is 2. The van der Waals surface area contributed by atoms with Gasteiger partial charge in [-0.2, -0.15) is 0 Å². The summed E-state index contributed by atoms with van der Waals surface area (Å²) in [5.74, 6) is 0.206. The Kier molecular flexibility index (Phi) is 8.35. The number of aromatic amines is 1. The van der Waals surface area contributed by atoms with Gasteiger partial charge in [-0.25, -0.2) is 0 Å². The van der Waals surface area contributed by atoms with Crippen molar-refractivity contribution < 1.29 is 22.7 Å². The molecular formula is C29H35F3N4O3S. The van der Waals surface area contributed by atoms with Crippen molar-refractivity contribution in [2.24, 2.45) is 5.92 Å². The van der Waals surface area contributed by atoms with Crippen LogP contribution in [0.1, 0.15) is 53.0 Å². The molecule has 5 rings (SSSR count). The molecule has 1 aromatic carbocycles. The van der Waals surface area contributed by atoms with Gasteiger partial charge in [-0.3, -0.25) is 19.2 Å². The summed E-state index contributed by atoms with van der Waals surface area (Å²) in [6.07, 6.45) is 0.425. The highest BCUT2D eigenvalue weighted by Gasteiger charge is 2.42. The number of aryl methyl sites for hydroxylation is 1. The number of benzene rings is 1. The lowest BCUT2D eigenvalue weighted by Gasteiger charge is -2.46. The molecule has 1 amide bonds. The van der Waals surface area contributed by atoms with Crippen LogP contribution in [0.4, 0.5) is 13.2 Å². The first-order valence-electron chi connectivity index (χ1n) is 13.7. The van der Waals surface area contributed by atoms with Crippen molar-refractivity contribution in [2.75, 3.05) is 19.3 Å². The van der Waals surface area contributed by atoms with Gasteiger partial charge in [0.1, 0.15) is 0 Å². The van der Waals surface area contributed by atoms with Crippen LogP contribution >= 0.6 is 11.8 Å². The fraction of sp³-hybridized carbons (Fsp3) is 0.517. The van der Waals surface area contributed by atoms with Crippen LogP contribution in [0.15, 0.2) is 40.0 Å². The van der Waals surface area contributed by atoms with E-state index in [4.69, 9.17) is 0 Å². The minimum absolute atomic E-state index is 0.138. The number of H-pyrrole nitrogens is 1. The predicted octanol–water partition coefficient (Wildman–Crippen LogP) is 5.38. The van der Waals surface area contributed by atoms with E-state index >= 15 is 0 Å². The third-order valence-corrected chi connectivity index (χ3v) is 9.09. The number of carbonyl (C=O) groups excluding carboxylic acids is 1. The largest absolute Gasteiger partial charge is 0.522 e. The number of alkyl halides is 3. The van der Waals surface area contributed by atoms with Crippen molar-refractivity contribution in [1.29, 1.82) is 0 Å². The lowest BCUT2D eigenvalue weighted by atomic mass is 9.84. The van der Waals surface area contributed by atoms with Gasteiger partial charge in [0.2, 0.25) is 0 Å². The van der Waals surface area contributed by atoms with E-state index in [0.29, 0.717) is 36.2 Å². The first-order valence-corrected chi connectivity index (χ1v) is 14.9. The molecule has 2 aromatic heterocycles. The Morgan fingerprint density at radius 2 is 1.85 bits per heavy atom. The zero-order chi connectivity index (χ0) is 28.6. The van der Waals surface area contributed by atoms with Gasteiger partial charge in [0.25, 0.3) is 11.5 Å². The molecule has 0 radical (unpaired) electrons. The highest BCUT2D eigenvalue weighted by Crippen LogP contribution is 2.35. The lowest BCUT2D eigenvalue weighted by Crippen LogP contribution is -2.58. The van der Waals surface area contributed by atoms with E-state index in [9.17, 15) is 22.8 Å². The molecule has 0 atom stereocenters. The quantitative estimate of drug-likeness (QED) is 0.352. The van der Waals surface area contributed by atoms with Crippen molar-refractivity contribution in [3.63, 3.8) is 0 Å². The third kappa shape index (κ3) is 6.11. The maximum atomic E-state index is 13.5. The molecule has 1 aliphatic heterocycles. The monoisotopic (exact) mass is 576 g/mol. The summed E-state index contributed by atoms with van der Waals surface area (Å²) >= 11 is 1.48. The Bertz CT molecular complexity index is 1440. The predicted molar refractivity (Wildman–Crippen MR) is 150 cm³/mol. The van der Waals surface area contributed by atoms with Crippen LogP contribution in [0, 0.1) is 19.8 Å². The van der Waals surface area contributed by atoms with Gasteiger partial charge < -0.3 is 14.9 Å². The minimum atomic E-state index is -4.57. The third-order valence-electron chi connectivity index (χ3n) is 8.28. The maximum absolute atomic E-state index is 13.5. The molecule has 11 heteroatoms. The van der Waals surface area contributed by atoms with E-state index in [1.54, 1.807) is 0 Å². The van der Waals surface area contributed by atoms with Crippen molar-refractivity contribution in [1.82, 2.24) is 19.8 Å². The molecule has 0 spiro atoms.